The molecule has 7 heteroatoms. The van der Waals surface area contributed by atoms with E-state index in [-0.39, 0.29) is 4.88 Å². The zero-order chi connectivity index (χ0) is 23.0. The molecule has 2 aromatic heterocycles. The summed E-state index contributed by atoms with van der Waals surface area (Å²) in [6.07, 6.45) is 9.58. The summed E-state index contributed by atoms with van der Waals surface area (Å²) < 4.78 is 0. The van der Waals surface area contributed by atoms with E-state index in [0.717, 1.165) is 53.0 Å². The van der Waals surface area contributed by atoms with Crippen molar-refractivity contribution in [2.45, 2.75) is 45.4 Å². The Balaban J connectivity index is 0.000000376. The highest BCUT2D eigenvalue weighted by molar-refractivity contribution is 7.21. The lowest BCUT2D eigenvalue weighted by Crippen LogP contribution is -2.28. The number of carboxylic acids is 1. The second-order valence-corrected chi connectivity index (χ2v) is 9.61. The Bertz CT molecular complexity index is 1090. The monoisotopic (exact) mass is 464 g/mol. The van der Waals surface area contributed by atoms with Gasteiger partial charge in [0.05, 0.1) is 17.7 Å². The highest BCUT2D eigenvalue weighted by atomic mass is 32.1. The van der Waals surface area contributed by atoms with Gasteiger partial charge in [-0.25, -0.2) is 14.8 Å². The minimum Gasteiger partial charge on any atom is -0.477 e. The van der Waals surface area contributed by atoms with Crippen molar-refractivity contribution >= 4 is 39.5 Å². The van der Waals surface area contributed by atoms with Gasteiger partial charge in [0.25, 0.3) is 0 Å². The van der Waals surface area contributed by atoms with E-state index in [2.05, 4.69) is 15.2 Å². The molecule has 1 aromatic carbocycles. The van der Waals surface area contributed by atoms with E-state index < -0.39 is 5.97 Å². The van der Waals surface area contributed by atoms with Crippen LogP contribution in [-0.2, 0) is 0 Å². The smallest absolute Gasteiger partial charge is 0.348 e. The van der Waals surface area contributed by atoms with Crippen molar-refractivity contribution in [2.24, 2.45) is 4.99 Å². The van der Waals surface area contributed by atoms with Crippen LogP contribution >= 0.6 is 11.3 Å². The molecule has 2 N–H and O–H groups in total. The molecule has 2 saturated heterocycles. The van der Waals surface area contributed by atoms with Gasteiger partial charge in [0.2, 0.25) is 0 Å². The molecule has 6 nitrogen and oxygen atoms in total. The number of rotatable bonds is 4. The molecule has 2 aliphatic heterocycles. The van der Waals surface area contributed by atoms with Crippen molar-refractivity contribution in [3.8, 4) is 11.3 Å². The molecule has 0 amide bonds. The van der Waals surface area contributed by atoms with Gasteiger partial charge in [-0.05, 0) is 63.7 Å². The minimum atomic E-state index is -0.954. The van der Waals surface area contributed by atoms with Crippen LogP contribution in [0.4, 0.5) is 5.69 Å². The first-order valence-corrected chi connectivity index (χ1v) is 12.7. The lowest BCUT2D eigenvalue weighted by molar-refractivity contribution is 0.0703. The number of fused-ring (bicyclic) bond motifs is 1. The average Bonchev–Trinajstić information content (AvgIpc) is 3.25. The number of pyridine rings is 1. The zero-order valence-electron chi connectivity index (χ0n) is 19.2. The molecule has 2 fully saturated rings. The number of likely N-dealkylation sites (tertiary alicyclic amines) is 1. The van der Waals surface area contributed by atoms with Crippen molar-refractivity contribution in [3.05, 3.63) is 46.8 Å². The fourth-order valence-electron chi connectivity index (χ4n) is 4.26. The Kier molecular flexibility index (Phi) is 8.07. The maximum absolute atomic E-state index is 11.8. The van der Waals surface area contributed by atoms with E-state index in [1.54, 1.807) is 6.34 Å². The van der Waals surface area contributed by atoms with Gasteiger partial charge in [-0.15, -0.1) is 11.3 Å². The maximum Gasteiger partial charge on any atom is 0.348 e. The van der Waals surface area contributed by atoms with Crippen LogP contribution in [0.1, 0.15) is 53.8 Å². The van der Waals surface area contributed by atoms with E-state index in [1.165, 1.54) is 50.1 Å². The van der Waals surface area contributed by atoms with Gasteiger partial charge < -0.3 is 15.3 Å². The van der Waals surface area contributed by atoms with Gasteiger partial charge in [-0.3, -0.25) is 0 Å². The molecule has 0 aliphatic carbocycles. The van der Waals surface area contributed by atoms with E-state index in [9.17, 15) is 9.90 Å². The van der Waals surface area contributed by atoms with Crippen LogP contribution in [0, 0.1) is 6.92 Å². The fraction of sp³-hybridized carbons (Fsp3) is 0.423. The number of nitrogens with zero attached hydrogens (tertiary/aromatic N) is 3. The predicted octanol–water partition coefficient (Wildman–Crippen LogP) is 5.88. The quantitative estimate of drug-likeness (QED) is 0.373. The van der Waals surface area contributed by atoms with Crippen LogP contribution in [0.2, 0.25) is 0 Å². The number of aryl methyl sites for hydroxylation is 1. The van der Waals surface area contributed by atoms with Gasteiger partial charge >= 0.3 is 5.97 Å². The average molecular weight is 465 g/mol. The van der Waals surface area contributed by atoms with Gasteiger partial charge in [-0.1, -0.05) is 36.8 Å². The molecule has 174 valence electrons. The zero-order valence-corrected chi connectivity index (χ0v) is 20.0. The van der Waals surface area contributed by atoms with E-state index >= 15 is 0 Å². The number of piperidine rings is 2. The molecule has 0 saturated carbocycles. The second kappa shape index (κ2) is 11.4. The third-order valence-electron chi connectivity index (χ3n) is 6.05. The normalized spacial score (nSPS) is 16.6. The Labute approximate surface area is 199 Å². The topological polar surface area (TPSA) is 77.8 Å². The van der Waals surface area contributed by atoms with Gasteiger partial charge in [0.1, 0.15) is 9.71 Å². The molecular weight excluding hydrogens is 432 g/mol. The number of aromatic nitrogens is 1. The van der Waals surface area contributed by atoms with Crippen LogP contribution < -0.4 is 5.32 Å². The van der Waals surface area contributed by atoms with Crippen molar-refractivity contribution in [1.82, 2.24) is 15.2 Å². The first-order chi connectivity index (χ1) is 16.1. The van der Waals surface area contributed by atoms with E-state index in [1.807, 2.05) is 43.3 Å². The lowest BCUT2D eigenvalue weighted by Gasteiger charge is -2.23. The number of aromatic carboxylic acids is 1. The molecule has 33 heavy (non-hydrogen) atoms. The summed E-state index contributed by atoms with van der Waals surface area (Å²) in [6, 6.07) is 11.9. The molecule has 0 bridgehead atoms. The Hall–Kier alpha value is -2.77. The van der Waals surface area contributed by atoms with Crippen molar-refractivity contribution in [3.63, 3.8) is 0 Å². The summed E-state index contributed by atoms with van der Waals surface area (Å²) >= 11 is 1.20. The van der Waals surface area contributed by atoms with Crippen LogP contribution in [0.5, 0.6) is 0 Å². The standard InChI is InChI=1S/C21H21N3O2S.C5H11N/c1-14-12-16(15-8-4-2-5-9-15)23-20-17(14)18(19(27-20)21(25)26)22-13-24-10-6-3-7-11-24;1-2-4-6-5-3-1/h2,4-5,8-9,12-13H,3,6-7,10-11H2,1H3,(H,25,26);6H,1-5H2. The van der Waals surface area contributed by atoms with Gasteiger partial charge in [0.15, 0.2) is 0 Å². The second-order valence-electron chi connectivity index (χ2n) is 8.61. The van der Waals surface area contributed by atoms with Crippen LogP contribution in [-0.4, -0.2) is 53.5 Å². The number of hydrogen-bond acceptors (Lipinski definition) is 5. The molecule has 3 aromatic rings. The largest absolute Gasteiger partial charge is 0.477 e. The van der Waals surface area contributed by atoms with E-state index in [0.29, 0.717) is 5.69 Å². The molecule has 0 unspecified atom stereocenters. The van der Waals surface area contributed by atoms with Crippen LogP contribution in [0.15, 0.2) is 41.4 Å². The first kappa shape index (κ1) is 23.4. The molecule has 0 atom stereocenters. The third-order valence-corrected chi connectivity index (χ3v) is 7.11. The molecule has 5 rings (SSSR count). The molecule has 0 radical (unpaired) electrons. The molecule has 0 spiro atoms. The molecular formula is C26H32N4O2S. The number of carbonyl (C=O) groups is 1. The van der Waals surface area contributed by atoms with E-state index in [4.69, 9.17) is 4.98 Å². The number of nitrogens with one attached hydrogen (secondary N) is 1. The SMILES string of the molecule is C1CCNCC1.Cc1cc(-c2ccccc2)nc2sc(C(=O)O)c(N=CN3CCCCC3)c12. The Morgan fingerprint density at radius 2 is 1.79 bits per heavy atom. The maximum atomic E-state index is 11.8. The summed E-state index contributed by atoms with van der Waals surface area (Å²) in [4.78, 5) is 24.3. The van der Waals surface area contributed by atoms with Crippen molar-refractivity contribution in [2.75, 3.05) is 26.2 Å². The Morgan fingerprint density at radius 3 is 2.39 bits per heavy atom. The summed E-state index contributed by atoms with van der Waals surface area (Å²) in [5.74, 6) is -0.954. The summed E-state index contributed by atoms with van der Waals surface area (Å²) in [7, 11) is 0. The van der Waals surface area contributed by atoms with Gasteiger partial charge in [-0.2, -0.15) is 0 Å². The third kappa shape index (κ3) is 5.97. The number of benzene rings is 1. The highest BCUT2D eigenvalue weighted by Gasteiger charge is 2.21. The van der Waals surface area contributed by atoms with Crippen LogP contribution in [0.3, 0.4) is 0 Å². The van der Waals surface area contributed by atoms with Crippen molar-refractivity contribution < 1.29 is 9.90 Å². The Morgan fingerprint density at radius 1 is 1.09 bits per heavy atom. The first-order valence-electron chi connectivity index (χ1n) is 11.9. The predicted molar refractivity (Wildman–Crippen MR) is 137 cm³/mol. The number of carboxylic acid groups (broad SMARTS) is 1. The summed E-state index contributed by atoms with van der Waals surface area (Å²) in [5.41, 5.74) is 3.39. The van der Waals surface area contributed by atoms with Gasteiger partial charge in [0, 0.05) is 24.0 Å². The summed E-state index contributed by atoms with van der Waals surface area (Å²) in [5, 5.41) is 13.8. The minimum absolute atomic E-state index is 0.249. The lowest BCUT2D eigenvalue weighted by atomic mass is 10.1. The number of aliphatic imine (C=N–C) groups is 1. The number of hydrogen-bond donors (Lipinski definition) is 2. The molecule has 4 heterocycles. The van der Waals surface area contributed by atoms with Crippen molar-refractivity contribution in [1.29, 1.82) is 0 Å². The highest BCUT2D eigenvalue weighted by Crippen LogP contribution is 2.40. The summed E-state index contributed by atoms with van der Waals surface area (Å²) in [6.45, 7) is 6.45. The van der Waals surface area contributed by atoms with Crippen LogP contribution in [0.25, 0.3) is 21.5 Å². The fourth-order valence-corrected chi connectivity index (χ4v) is 5.30. The number of thiophene rings is 1. The molecule has 2 aliphatic rings.